The normalized spacial score (nSPS) is 11.5. The second kappa shape index (κ2) is 5.20. The van der Waals surface area contributed by atoms with Crippen LogP contribution in [0.4, 0.5) is 0 Å². The highest BCUT2D eigenvalue weighted by Crippen LogP contribution is 2.19. The molecule has 1 N–H and O–H groups in total. The molecule has 0 saturated carbocycles. The molecular weight excluding hydrogens is 276 g/mol. The fourth-order valence-corrected chi connectivity index (χ4v) is 2.69. The molecule has 8 heteroatoms. The van der Waals surface area contributed by atoms with E-state index in [0.717, 1.165) is 29.7 Å². The Morgan fingerprint density at radius 1 is 1.40 bits per heavy atom. The minimum absolute atomic E-state index is 0.609. The molecule has 0 saturated heterocycles. The molecule has 0 aliphatic rings. The number of nitrogens with one attached hydrogen (secondary N) is 1. The summed E-state index contributed by atoms with van der Waals surface area (Å²) < 4.78 is 9.62. The topological polar surface area (TPSA) is 77.5 Å². The molecule has 0 fully saturated rings. The van der Waals surface area contributed by atoms with Crippen LogP contribution in [0.2, 0.25) is 0 Å². The van der Waals surface area contributed by atoms with Gasteiger partial charge in [-0.15, -0.1) is 0 Å². The summed E-state index contributed by atoms with van der Waals surface area (Å²) in [6.07, 6.45) is 4.05. The first-order valence-electron chi connectivity index (χ1n) is 6.60. The zero-order chi connectivity index (χ0) is 14.1. The smallest absolute Gasteiger partial charge is 0.228 e. The minimum Gasteiger partial charge on any atom is -0.340 e. The van der Waals surface area contributed by atoms with Crippen LogP contribution in [0.15, 0.2) is 10.9 Å². The van der Waals surface area contributed by atoms with E-state index in [4.69, 9.17) is 16.7 Å². The van der Waals surface area contributed by atoms with E-state index in [9.17, 15) is 0 Å². The lowest BCUT2D eigenvalue weighted by molar-refractivity contribution is 0.371. The quantitative estimate of drug-likeness (QED) is 0.728. The van der Waals surface area contributed by atoms with E-state index in [0.29, 0.717) is 23.6 Å². The summed E-state index contributed by atoms with van der Waals surface area (Å²) >= 11 is 5.40. The average Bonchev–Trinajstić information content (AvgIpc) is 3.08. The molecule has 3 heterocycles. The molecule has 0 unspecified atom stereocenters. The van der Waals surface area contributed by atoms with Gasteiger partial charge >= 0.3 is 0 Å². The predicted molar refractivity (Wildman–Crippen MR) is 75.9 cm³/mol. The van der Waals surface area contributed by atoms with Gasteiger partial charge in [-0.05, 0) is 18.6 Å². The van der Waals surface area contributed by atoms with Crippen LogP contribution in [0.3, 0.4) is 0 Å². The molecule has 3 rings (SSSR count). The summed E-state index contributed by atoms with van der Waals surface area (Å²) in [6.45, 7) is 2.83. The molecule has 3 aromatic heterocycles. The van der Waals surface area contributed by atoms with Gasteiger partial charge < -0.3 is 14.1 Å². The van der Waals surface area contributed by atoms with Crippen LogP contribution in [-0.2, 0) is 26.4 Å². The van der Waals surface area contributed by atoms with Gasteiger partial charge in [0.05, 0.1) is 5.69 Å². The van der Waals surface area contributed by atoms with E-state index in [-0.39, 0.29) is 0 Å². The maximum atomic E-state index is 5.40. The number of hydrogen-bond acceptors (Lipinski definition) is 5. The molecule has 0 amide bonds. The number of imidazole rings is 1. The van der Waals surface area contributed by atoms with Crippen molar-refractivity contribution in [1.82, 2.24) is 29.5 Å². The molecule has 0 aliphatic heterocycles. The van der Waals surface area contributed by atoms with Crippen LogP contribution in [0, 0.1) is 4.77 Å². The van der Waals surface area contributed by atoms with Gasteiger partial charge in [0.2, 0.25) is 5.89 Å². The Kier molecular flexibility index (Phi) is 3.39. The van der Waals surface area contributed by atoms with Crippen molar-refractivity contribution in [1.29, 1.82) is 0 Å². The van der Waals surface area contributed by atoms with E-state index in [1.54, 1.807) is 0 Å². The van der Waals surface area contributed by atoms with Gasteiger partial charge in [-0.1, -0.05) is 18.5 Å². The van der Waals surface area contributed by atoms with E-state index >= 15 is 0 Å². The number of hydrogen-bond donors (Lipinski definition) is 1. The Hall–Kier alpha value is -1.96. The molecule has 20 heavy (non-hydrogen) atoms. The molecule has 3 aromatic rings. The molecule has 0 aliphatic carbocycles. The molecule has 7 nitrogen and oxygen atoms in total. The number of aromatic amines is 1. The van der Waals surface area contributed by atoms with Gasteiger partial charge in [-0.2, -0.15) is 10.1 Å². The lowest BCUT2D eigenvalue weighted by atomic mass is 10.2. The van der Waals surface area contributed by atoms with Crippen LogP contribution in [0.25, 0.3) is 11.2 Å². The highest BCUT2D eigenvalue weighted by molar-refractivity contribution is 7.71. The Bertz CT molecular complexity index is 766. The third kappa shape index (κ3) is 2.15. The van der Waals surface area contributed by atoms with Crippen molar-refractivity contribution in [3.05, 3.63) is 22.7 Å². The zero-order valence-electron chi connectivity index (χ0n) is 11.5. The predicted octanol–water partition coefficient (Wildman–Crippen LogP) is 2.01. The Morgan fingerprint density at radius 2 is 2.25 bits per heavy atom. The highest BCUT2D eigenvalue weighted by Gasteiger charge is 2.15. The SMILES string of the molecule is CCCc1nn(C)c2c1[nH]c(=S)n2CCc1ncno1. The van der Waals surface area contributed by atoms with Gasteiger partial charge in [0.25, 0.3) is 0 Å². The van der Waals surface area contributed by atoms with E-state index in [2.05, 4.69) is 27.1 Å². The first-order chi connectivity index (χ1) is 9.70. The maximum absolute atomic E-state index is 5.40. The van der Waals surface area contributed by atoms with Crippen LogP contribution in [0.1, 0.15) is 24.9 Å². The molecule has 0 aromatic carbocycles. The molecule has 0 radical (unpaired) electrons. The van der Waals surface area contributed by atoms with Crippen LogP contribution >= 0.6 is 12.2 Å². The first kappa shape index (κ1) is 13.0. The van der Waals surface area contributed by atoms with E-state index in [1.807, 2.05) is 16.3 Å². The lowest BCUT2D eigenvalue weighted by Crippen LogP contribution is -2.05. The number of aryl methyl sites for hydroxylation is 4. The number of fused-ring (bicyclic) bond motifs is 1. The largest absolute Gasteiger partial charge is 0.340 e. The van der Waals surface area contributed by atoms with Crippen molar-refractivity contribution in [3.63, 3.8) is 0 Å². The molecular formula is C12H16N6OS. The highest BCUT2D eigenvalue weighted by atomic mass is 32.1. The monoisotopic (exact) mass is 292 g/mol. The third-order valence-electron chi connectivity index (χ3n) is 3.27. The van der Waals surface area contributed by atoms with Crippen molar-refractivity contribution in [3.8, 4) is 0 Å². The van der Waals surface area contributed by atoms with Gasteiger partial charge in [-0.3, -0.25) is 4.68 Å². The number of H-pyrrole nitrogens is 1. The fourth-order valence-electron chi connectivity index (χ4n) is 2.41. The zero-order valence-corrected chi connectivity index (χ0v) is 12.3. The molecule has 0 spiro atoms. The minimum atomic E-state index is 0.609. The number of rotatable bonds is 5. The maximum Gasteiger partial charge on any atom is 0.228 e. The summed E-state index contributed by atoms with van der Waals surface area (Å²) in [7, 11) is 1.94. The van der Waals surface area contributed by atoms with Gasteiger partial charge in [0, 0.05) is 20.0 Å². The van der Waals surface area contributed by atoms with Gasteiger partial charge in [-0.25, -0.2) is 0 Å². The van der Waals surface area contributed by atoms with Crippen molar-refractivity contribution >= 4 is 23.4 Å². The van der Waals surface area contributed by atoms with Crippen molar-refractivity contribution < 1.29 is 4.52 Å². The van der Waals surface area contributed by atoms with E-state index < -0.39 is 0 Å². The van der Waals surface area contributed by atoms with Crippen LogP contribution < -0.4 is 0 Å². The number of nitrogens with zero attached hydrogens (tertiary/aromatic N) is 5. The van der Waals surface area contributed by atoms with Crippen molar-refractivity contribution in [2.45, 2.75) is 32.7 Å². The second-order valence-electron chi connectivity index (χ2n) is 4.69. The standard InChI is InChI=1S/C12H16N6OS/c1-3-4-8-10-11(17(2)16-8)18(12(20)15-10)6-5-9-13-7-14-19-9/h7H,3-6H2,1-2H3,(H,15,20). The van der Waals surface area contributed by atoms with Crippen LogP contribution in [-0.4, -0.2) is 29.5 Å². The van der Waals surface area contributed by atoms with Crippen LogP contribution in [0.5, 0.6) is 0 Å². The summed E-state index contributed by atoms with van der Waals surface area (Å²) in [5.41, 5.74) is 3.11. The Morgan fingerprint density at radius 3 is 2.95 bits per heavy atom. The molecule has 106 valence electrons. The molecule has 0 atom stereocenters. The number of aromatic nitrogens is 6. The molecule has 0 bridgehead atoms. The first-order valence-corrected chi connectivity index (χ1v) is 7.01. The van der Waals surface area contributed by atoms with Gasteiger partial charge in [0.1, 0.15) is 5.52 Å². The summed E-state index contributed by atoms with van der Waals surface area (Å²) in [5.74, 6) is 0.609. The summed E-state index contributed by atoms with van der Waals surface area (Å²) in [6, 6.07) is 0. The second-order valence-corrected chi connectivity index (χ2v) is 5.07. The Balaban J connectivity index is 1.98. The van der Waals surface area contributed by atoms with Crippen molar-refractivity contribution in [2.75, 3.05) is 0 Å². The average molecular weight is 292 g/mol. The summed E-state index contributed by atoms with van der Waals surface area (Å²) in [4.78, 5) is 7.28. The summed E-state index contributed by atoms with van der Waals surface area (Å²) in [5, 5.41) is 8.16. The Labute approximate surface area is 120 Å². The lowest BCUT2D eigenvalue weighted by Gasteiger charge is -2.02. The van der Waals surface area contributed by atoms with E-state index in [1.165, 1.54) is 6.33 Å². The fraction of sp³-hybridized carbons (Fsp3) is 0.500. The third-order valence-corrected chi connectivity index (χ3v) is 3.59. The van der Waals surface area contributed by atoms with Gasteiger partial charge in [0.15, 0.2) is 16.7 Å². The van der Waals surface area contributed by atoms with Crippen molar-refractivity contribution in [2.24, 2.45) is 7.05 Å².